The lowest BCUT2D eigenvalue weighted by Gasteiger charge is -2.34. The Hall–Kier alpha value is -2.22. The standard InChI is InChI=1S/C24H39N3O4S/c1-8-12-17(4)25-21(28)20(18-14-11-10-13-16(18)3)27(9-2)22(29)19(15-32)26-23(30)31-24(5,6)7/h10-11,13-14,17,19-20,32H,8-9,12,15H2,1-7H3,(H,25,28)(H,26,30). The van der Waals surface area contributed by atoms with E-state index in [1.165, 1.54) is 4.90 Å². The van der Waals surface area contributed by atoms with Crippen molar-refractivity contribution in [3.8, 4) is 0 Å². The van der Waals surface area contributed by atoms with Crippen molar-refractivity contribution in [1.29, 1.82) is 0 Å². The highest BCUT2D eigenvalue weighted by molar-refractivity contribution is 7.80. The first kappa shape index (κ1) is 27.8. The van der Waals surface area contributed by atoms with Gasteiger partial charge in [-0.1, -0.05) is 37.6 Å². The fourth-order valence-electron chi connectivity index (χ4n) is 3.47. The molecule has 8 heteroatoms. The third-order valence-corrected chi connectivity index (χ3v) is 5.31. The van der Waals surface area contributed by atoms with E-state index in [-0.39, 0.29) is 30.2 Å². The molecule has 7 nitrogen and oxygen atoms in total. The molecule has 0 radical (unpaired) electrons. The number of nitrogens with zero attached hydrogens (tertiary/aromatic N) is 1. The number of thiol groups is 1. The SMILES string of the molecule is CCCC(C)NC(=O)C(c1ccccc1C)N(CC)C(=O)C(CS)NC(=O)OC(C)(C)C. The van der Waals surface area contributed by atoms with Crippen LogP contribution in [0.2, 0.25) is 0 Å². The number of alkyl carbamates (subject to hydrolysis) is 1. The molecule has 2 N–H and O–H groups in total. The minimum atomic E-state index is -0.930. The van der Waals surface area contributed by atoms with Crippen LogP contribution in [0.15, 0.2) is 24.3 Å². The number of aryl methyl sites for hydroxylation is 1. The van der Waals surface area contributed by atoms with E-state index in [0.717, 1.165) is 24.0 Å². The molecule has 1 rings (SSSR count). The van der Waals surface area contributed by atoms with Gasteiger partial charge in [0, 0.05) is 18.3 Å². The van der Waals surface area contributed by atoms with Crippen molar-refractivity contribution >= 4 is 30.5 Å². The fourth-order valence-corrected chi connectivity index (χ4v) is 3.72. The number of hydrogen-bond donors (Lipinski definition) is 3. The molecule has 0 saturated carbocycles. The largest absolute Gasteiger partial charge is 0.444 e. The topological polar surface area (TPSA) is 87.7 Å². The van der Waals surface area contributed by atoms with Gasteiger partial charge in [-0.2, -0.15) is 12.6 Å². The van der Waals surface area contributed by atoms with Crippen molar-refractivity contribution in [2.75, 3.05) is 12.3 Å². The molecule has 180 valence electrons. The van der Waals surface area contributed by atoms with Crippen LogP contribution < -0.4 is 10.6 Å². The monoisotopic (exact) mass is 465 g/mol. The Kier molecular flexibility index (Phi) is 11.1. The molecule has 0 aliphatic carbocycles. The zero-order chi connectivity index (χ0) is 24.5. The van der Waals surface area contributed by atoms with E-state index in [2.05, 4.69) is 30.2 Å². The number of carbonyl (C=O) groups excluding carboxylic acids is 3. The van der Waals surface area contributed by atoms with Crippen LogP contribution in [-0.4, -0.2) is 52.8 Å². The number of carbonyl (C=O) groups is 3. The summed E-state index contributed by atoms with van der Waals surface area (Å²) in [6, 6.07) is 5.75. The second kappa shape index (κ2) is 12.7. The Labute approximate surface area is 198 Å². The van der Waals surface area contributed by atoms with Crippen molar-refractivity contribution in [2.24, 2.45) is 0 Å². The van der Waals surface area contributed by atoms with Gasteiger partial charge in [0.05, 0.1) is 0 Å². The van der Waals surface area contributed by atoms with Gasteiger partial charge in [0.25, 0.3) is 0 Å². The predicted octanol–water partition coefficient (Wildman–Crippen LogP) is 4.01. The molecule has 32 heavy (non-hydrogen) atoms. The highest BCUT2D eigenvalue weighted by Gasteiger charge is 2.35. The first-order valence-electron chi connectivity index (χ1n) is 11.2. The Bertz CT molecular complexity index is 779. The van der Waals surface area contributed by atoms with E-state index in [0.29, 0.717) is 0 Å². The van der Waals surface area contributed by atoms with Gasteiger partial charge in [0.1, 0.15) is 17.7 Å². The summed E-state index contributed by atoms with van der Waals surface area (Å²) in [4.78, 5) is 40.6. The summed E-state index contributed by atoms with van der Waals surface area (Å²) in [7, 11) is 0. The second-order valence-corrected chi connectivity index (χ2v) is 9.33. The zero-order valence-corrected chi connectivity index (χ0v) is 21.3. The maximum absolute atomic E-state index is 13.5. The molecule has 0 aliphatic rings. The van der Waals surface area contributed by atoms with E-state index in [9.17, 15) is 14.4 Å². The van der Waals surface area contributed by atoms with Crippen LogP contribution in [0.5, 0.6) is 0 Å². The Morgan fingerprint density at radius 1 is 1.12 bits per heavy atom. The minimum Gasteiger partial charge on any atom is -0.444 e. The fraction of sp³-hybridized carbons (Fsp3) is 0.625. The number of likely N-dealkylation sites (N-methyl/N-ethyl adjacent to an activating group) is 1. The number of benzene rings is 1. The molecule has 1 aromatic carbocycles. The number of nitrogens with one attached hydrogen (secondary N) is 2. The summed E-state index contributed by atoms with van der Waals surface area (Å²) in [5.41, 5.74) is 0.959. The van der Waals surface area contributed by atoms with Crippen molar-refractivity contribution < 1.29 is 19.1 Å². The Morgan fingerprint density at radius 3 is 2.25 bits per heavy atom. The van der Waals surface area contributed by atoms with E-state index in [4.69, 9.17) is 4.74 Å². The lowest BCUT2D eigenvalue weighted by Crippen LogP contribution is -2.54. The molecule has 1 aromatic rings. The Balaban J connectivity index is 3.26. The van der Waals surface area contributed by atoms with Gasteiger partial charge in [-0.05, 0) is 59.1 Å². The summed E-state index contributed by atoms with van der Waals surface area (Å²) in [6.07, 6.45) is 1.08. The van der Waals surface area contributed by atoms with Crippen molar-refractivity contribution in [1.82, 2.24) is 15.5 Å². The van der Waals surface area contributed by atoms with Crippen LogP contribution in [0.25, 0.3) is 0 Å². The number of hydrogen-bond acceptors (Lipinski definition) is 5. The second-order valence-electron chi connectivity index (χ2n) is 8.96. The van der Waals surface area contributed by atoms with E-state index >= 15 is 0 Å². The lowest BCUT2D eigenvalue weighted by atomic mass is 9.98. The number of rotatable bonds is 10. The molecule has 0 aromatic heterocycles. The third-order valence-electron chi connectivity index (χ3n) is 4.95. The van der Waals surface area contributed by atoms with Crippen molar-refractivity contribution in [3.63, 3.8) is 0 Å². The Morgan fingerprint density at radius 2 is 1.75 bits per heavy atom. The van der Waals surface area contributed by atoms with Gasteiger partial charge < -0.3 is 20.3 Å². The maximum atomic E-state index is 13.5. The lowest BCUT2D eigenvalue weighted by molar-refractivity contribution is -0.142. The van der Waals surface area contributed by atoms with Gasteiger partial charge >= 0.3 is 6.09 Å². The van der Waals surface area contributed by atoms with Crippen LogP contribution in [0.3, 0.4) is 0 Å². The molecule has 3 atom stereocenters. The summed E-state index contributed by atoms with van der Waals surface area (Å²) in [5, 5.41) is 5.64. The molecular weight excluding hydrogens is 426 g/mol. The predicted molar refractivity (Wildman–Crippen MR) is 131 cm³/mol. The quantitative estimate of drug-likeness (QED) is 0.456. The average molecular weight is 466 g/mol. The van der Waals surface area contributed by atoms with Crippen molar-refractivity contribution in [2.45, 2.75) is 85.0 Å². The molecule has 0 fully saturated rings. The van der Waals surface area contributed by atoms with Gasteiger partial charge in [-0.25, -0.2) is 4.79 Å². The normalized spacial score (nSPS) is 14.1. The average Bonchev–Trinajstić information content (AvgIpc) is 2.69. The van der Waals surface area contributed by atoms with Crippen LogP contribution in [-0.2, 0) is 14.3 Å². The van der Waals surface area contributed by atoms with E-state index < -0.39 is 23.8 Å². The van der Waals surface area contributed by atoms with E-state index in [1.54, 1.807) is 20.8 Å². The van der Waals surface area contributed by atoms with Crippen LogP contribution in [0.4, 0.5) is 4.79 Å². The van der Waals surface area contributed by atoms with Crippen LogP contribution in [0.1, 0.15) is 71.6 Å². The zero-order valence-electron chi connectivity index (χ0n) is 20.4. The highest BCUT2D eigenvalue weighted by atomic mass is 32.1. The molecule has 0 bridgehead atoms. The molecule has 0 heterocycles. The third kappa shape index (κ3) is 8.37. The summed E-state index contributed by atoms with van der Waals surface area (Å²) < 4.78 is 5.29. The van der Waals surface area contributed by atoms with Crippen molar-refractivity contribution in [3.05, 3.63) is 35.4 Å². The van der Waals surface area contributed by atoms with Crippen LogP contribution in [0, 0.1) is 6.92 Å². The first-order chi connectivity index (χ1) is 14.9. The molecule has 3 amide bonds. The van der Waals surface area contributed by atoms with E-state index in [1.807, 2.05) is 45.0 Å². The van der Waals surface area contributed by atoms with Gasteiger partial charge in [0.15, 0.2) is 0 Å². The smallest absolute Gasteiger partial charge is 0.408 e. The van der Waals surface area contributed by atoms with Gasteiger partial charge in [0.2, 0.25) is 11.8 Å². The first-order valence-corrected chi connectivity index (χ1v) is 11.8. The minimum absolute atomic E-state index is 0.0200. The highest BCUT2D eigenvalue weighted by Crippen LogP contribution is 2.26. The number of amides is 3. The van der Waals surface area contributed by atoms with Gasteiger partial charge in [-0.3, -0.25) is 9.59 Å². The summed E-state index contributed by atoms with van der Waals surface area (Å²) in [5.74, 6) is -0.561. The van der Waals surface area contributed by atoms with Gasteiger partial charge in [-0.15, -0.1) is 0 Å². The maximum Gasteiger partial charge on any atom is 0.408 e. The molecule has 0 saturated heterocycles. The summed E-state index contributed by atoms with van der Waals surface area (Å²) in [6.45, 7) is 13.3. The number of ether oxygens (including phenoxy) is 1. The molecule has 3 unspecified atom stereocenters. The summed E-state index contributed by atoms with van der Waals surface area (Å²) >= 11 is 4.27. The molecule has 0 aliphatic heterocycles. The molecular formula is C24H39N3O4S. The van der Waals surface area contributed by atoms with Crippen LogP contribution >= 0.6 is 12.6 Å². The molecule has 0 spiro atoms.